The summed E-state index contributed by atoms with van der Waals surface area (Å²) in [6.07, 6.45) is 6.94. The highest BCUT2D eigenvalue weighted by Gasteiger charge is 2.38. The van der Waals surface area contributed by atoms with Gasteiger partial charge in [0.05, 0.1) is 6.04 Å². The van der Waals surface area contributed by atoms with Gasteiger partial charge in [-0.2, -0.15) is 5.10 Å². The maximum Gasteiger partial charge on any atom is 0.279 e. The van der Waals surface area contributed by atoms with Crippen LogP contribution in [0, 0.1) is 0 Å². The topological polar surface area (TPSA) is 81.2 Å². The zero-order valence-corrected chi connectivity index (χ0v) is 13.4. The lowest BCUT2D eigenvalue weighted by molar-refractivity contribution is -0.119. The summed E-state index contributed by atoms with van der Waals surface area (Å²) in [5, 5.41) is 4.48. The highest BCUT2D eigenvalue weighted by Crippen LogP contribution is 2.33. The number of hydrogen-bond acceptors (Lipinski definition) is 3. The Kier molecular flexibility index (Phi) is 3.59. The summed E-state index contributed by atoms with van der Waals surface area (Å²) in [5.74, 6) is -0.754. The molecule has 1 fully saturated rings. The van der Waals surface area contributed by atoms with E-state index >= 15 is 0 Å². The molecule has 2 amide bonds. The zero-order valence-electron chi connectivity index (χ0n) is 13.4. The molecule has 2 N–H and O–H groups in total. The van der Waals surface area contributed by atoms with Crippen molar-refractivity contribution < 1.29 is 9.59 Å². The number of carbonyl (C=O) groups is 2. The average Bonchev–Trinajstić information content (AvgIpc) is 3.31. The van der Waals surface area contributed by atoms with Crippen molar-refractivity contribution >= 4 is 17.5 Å². The second-order valence-corrected chi connectivity index (χ2v) is 6.55. The van der Waals surface area contributed by atoms with Crippen LogP contribution < -0.4 is 10.6 Å². The largest absolute Gasteiger partial charge is 0.368 e. The van der Waals surface area contributed by atoms with Gasteiger partial charge in [-0.1, -0.05) is 31.0 Å². The number of nitrogens with zero attached hydrogens (tertiary/aromatic N) is 3. The van der Waals surface area contributed by atoms with Crippen molar-refractivity contribution in [2.75, 3.05) is 4.90 Å². The van der Waals surface area contributed by atoms with Crippen LogP contribution in [0.2, 0.25) is 0 Å². The van der Waals surface area contributed by atoms with Crippen molar-refractivity contribution in [3.63, 3.8) is 0 Å². The lowest BCUT2D eigenvalue weighted by atomic mass is 10.1. The molecule has 1 saturated carbocycles. The van der Waals surface area contributed by atoms with Crippen LogP contribution in [-0.2, 0) is 11.2 Å². The summed E-state index contributed by atoms with van der Waals surface area (Å²) in [4.78, 5) is 26.3. The molecule has 0 saturated heterocycles. The van der Waals surface area contributed by atoms with Gasteiger partial charge < -0.3 is 5.73 Å². The number of hydrogen-bond donors (Lipinski definition) is 1. The molecule has 24 heavy (non-hydrogen) atoms. The number of nitrogens with two attached hydrogens (primary N) is 1. The minimum atomic E-state index is -0.647. The van der Waals surface area contributed by atoms with Crippen molar-refractivity contribution in [3.05, 3.63) is 47.8 Å². The first-order valence-electron chi connectivity index (χ1n) is 8.41. The quantitative estimate of drug-likeness (QED) is 0.938. The van der Waals surface area contributed by atoms with Crippen molar-refractivity contribution in [3.8, 4) is 0 Å². The predicted octanol–water partition coefficient (Wildman–Crippen LogP) is 2.05. The molecule has 0 radical (unpaired) electrons. The van der Waals surface area contributed by atoms with E-state index in [4.69, 9.17) is 5.73 Å². The Morgan fingerprint density at radius 2 is 1.88 bits per heavy atom. The van der Waals surface area contributed by atoms with Crippen LogP contribution in [0.3, 0.4) is 0 Å². The lowest BCUT2D eigenvalue weighted by Crippen LogP contribution is -2.46. The van der Waals surface area contributed by atoms with E-state index in [1.54, 1.807) is 6.07 Å². The predicted molar refractivity (Wildman–Crippen MR) is 89.7 cm³/mol. The van der Waals surface area contributed by atoms with Crippen LogP contribution in [0.25, 0.3) is 0 Å². The Morgan fingerprint density at radius 1 is 1.12 bits per heavy atom. The van der Waals surface area contributed by atoms with Gasteiger partial charge in [-0.15, -0.1) is 0 Å². The van der Waals surface area contributed by atoms with E-state index in [1.807, 2.05) is 35.1 Å². The van der Waals surface area contributed by atoms with Crippen LogP contribution in [0.4, 0.5) is 5.69 Å². The van der Waals surface area contributed by atoms with E-state index in [0.717, 1.165) is 24.1 Å². The number of aromatic nitrogens is 2. The molecular weight excluding hydrogens is 304 g/mol. The van der Waals surface area contributed by atoms with Crippen LogP contribution in [0.1, 0.15) is 47.8 Å². The molecule has 6 nitrogen and oxygen atoms in total. The molecular formula is C18H20N4O2. The first-order valence-corrected chi connectivity index (χ1v) is 8.41. The highest BCUT2D eigenvalue weighted by molar-refractivity contribution is 6.10. The number of carbonyl (C=O) groups excluding carboxylic acids is 2. The molecule has 0 spiro atoms. The average molecular weight is 324 g/mol. The number of benzene rings is 1. The Morgan fingerprint density at radius 3 is 2.62 bits per heavy atom. The molecule has 0 bridgehead atoms. The fraction of sp³-hybridized carbons (Fsp3) is 0.389. The van der Waals surface area contributed by atoms with Crippen molar-refractivity contribution in [1.82, 2.24) is 9.78 Å². The number of rotatable bonds is 3. The molecule has 6 heteroatoms. The van der Waals surface area contributed by atoms with Gasteiger partial charge in [0.2, 0.25) is 5.91 Å². The minimum Gasteiger partial charge on any atom is -0.368 e. The van der Waals surface area contributed by atoms with Gasteiger partial charge in [-0.3, -0.25) is 19.2 Å². The second kappa shape index (κ2) is 5.78. The van der Waals surface area contributed by atoms with Crippen LogP contribution >= 0.6 is 0 Å². The molecule has 1 aliphatic heterocycles. The van der Waals surface area contributed by atoms with E-state index in [-0.39, 0.29) is 5.91 Å². The van der Waals surface area contributed by atoms with Gasteiger partial charge >= 0.3 is 0 Å². The van der Waals surface area contributed by atoms with E-state index in [0.29, 0.717) is 18.2 Å². The Bertz CT molecular complexity index is 792. The Balaban J connectivity index is 1.66. The third-order valence-corrected chi connectivity index (χ3v) is 5.05. The van der Waals surface area contributed by atoms with Gasteiger partial charge in [0.1, 0.15) is 6.04 Å². The van der Waals surface area contributed by atoms with Gasteiger partial charge in [0.25, 0.3) is 5.91 Å². The monoisotopic (exact) mass is 324 g/mol. The fourth-order valence-electron chi connectivity index (χ4n) is 3.81. The molecule has 1 aromatic carbocycles. The van der Waals surface area contributed by atoms with E-state index in [1.165, 1.54) is 17.7 Å². The fourth-order valence-corrected chi connectivity index (χ4v) is 3.81. The zero-order chi connectivity index (χ0) is 16.7. The Hall–Kier alpha value is -2.63. The van der Waals surface area contributed by atoms with Crippen molar-refractivity contribution in [2.45, 2.75) is 44.2 Å². The van der Waals surface area contributed by atoms with Crippen molar-refractivity contribution in [2.24, 2.45) is 5.73 Å². The van der Waals surface area contributed by atoms with Gasteiger partial charge in [-0.05, 0) is 30.5 Å². The minimum absolute atomic E-state index is 0.263. The SMILES string of the molecule is NC(=O)[C@@H]1Cc2ccccc2N1C(=O)c1ccn(C2CCCC2)n1. The standard InChI is InChI=1S/C18H20N4O2/c19-17(23)16-11-12-5-1-4-8-15(12)22(16)18(24)14-9-10-21(20-14)13-6-2-3-7-13/h1,4-5,8-10,13,16H,2-3,6-7,11H2,(H2,19,23)/t16-/m0/s1. The molecule has 2 heterocycles. The molecule has 1 aromatic heterocycles. The van der Waals surface area contributed by atoms with E-state index in [9.17, 15) is 9.59 Å². The van der Waals surface area contributed by atoms with Crippen molar-refractivity contribution in [1.29, 1.82) is 0 Å². The molecule has 0 unspecified atom stereocenters. The summed E-state index contributed by atoms with van der Waals surface area (Å²) < 4.78 is 1.89. The highest BCUT2D eigenvalue weighted by atomic mass is 16.2. The number of amides is 2. The maximum atomic E-state index is 13.0. The van der Waals surface area contributed by atoms with Gasteiger partial charge in [0.15, 0.2) is 5.69 Å². The number of para-hydroxylation sites is 1. The summed E-state index contributed by atoms with van der Waals surface area (Å²) in [6, 6.07) is 9.01. The van der Waals surface area contributed by atoms with Gasteiger partial charge in [0, 0.05) is 18.3 Å². The molecule has 124 valence electrons. The van der Waals surface area contributed by atoms with Crippen LogP contribution in [0.5, 0.6) is 0 Å². The number of anilines is 1. The first-order chi connectivity index (χ1) is 11.6. The third-order valence-electron chi connectivity index (χ3n) is 5.05. The summed E-state index contributed by atoms with van der Waals surface area (Å²) >= 11 is 0. The Labute approximate surface area is 140 Å². The normalized spacial score (nSPS) is 20.3. The molecule has 1 atom stereocenters. The molecule has 4 rings (SSSR count). The number of fused-ring (bicyclic) bond motifs is 1. The third kappa shape index (κ3) is 2.38. The first kappa shape index (κ1) is 14.9. The smallest absolute Gasteiger partial charge is 0.279 e. The van der Waals surface area contributed by atoms with E-state index < -0.39 is 11.9 Å². The van der Waals surface area contributed by atoms with Crippen LogP contribution in [-0.4, -0.2) is 27.6 Å². The molecule has 2 aliphatic rings. The second-order valence-electron chi connectivity index (χ2n) is 6.55. The van der Waals surface area contributed by atoms with E-state index in [2.05, 4.69) is 5.10 Å². The lowest BCUT2D eigenvalue weighted by Gasteiger charge is -2.22. The summed E-state index contributed by atoms with van der Waals surface area (Å²) in [6.45, 7) is 0. The molecule has 2 aromatic rings. The van der Waals surface area contributed by atoms with Crippen LogP contribution in [0.15, 0.2) is 36.5 Å². The molecule has 1 aliphatic carbocycles. The summed E-state index contributed by atoms with van der Waals surface area (Å²) in [7, 11) is 0. The summed E-state index contributed by atoms with van der Waals surface area (Å²) in [5.41, 5.74) is 7.61. The maximum absolute atomic E-state index is 13.0. The number of primary amides is 1. The van der Waals surface area contributed by atoms with Gasteiger partial charge in [-0.25, -0.2) is 0 Å².